The Labute approximate surface area is 195 Å². The van der Waals surface area contributed by atoms with E-state index >= 15 is 0 Å². The molecule has 0 radical (unpaired) electrons. The van der Waals surface area contributed by atoms with Gasteiger partial charge in [0.25, 0.3) is 11.5 Å². The number of rotatable bonds is 11. The summed E-state index contributed by atoms with van der Waals surface area (Å²) in [6, 6.07) is 10.5. The van der Waals surface area contributed by atoms with Gasteiger partial charge in [0, 0.05) is 26.3 Å². The van der Waals surface area contributed by atoms with Crippen molar-refractivity contribution in [3.05, 3.63) is 86.0 Å². The molecule has 1 amide bonds. The summed E-state index contributed by atoms with van der Waals surface area (Å²) >= 11 is 0. The lowest BCUT2D eigenvalue weighted by molar-refractivity contribution is 0.0912. The molecule has 0 spiro atoms. The van der Waals surface area contributed by atoms with Gasteiger partial charge < -0.3 is 20.2 Å². The molecule has 3 rings (SSSR count). The van der Waals surface area contributed by atoms with Crippen molar-refractivity contribution in [2.24, 2.45) is 0 Å². The highest BCUT2D eigenvalue weighted by molar-refractivity contribution is 6.01. The molecule has 11 nitrogen and oxygen atoms in total. The van der Waals surface area contributed by atoms with E-state index in [1.165, 1.54) is 13.4 Å². The number of nitrogen functional groups attached to an aromatic ring is 1. The monoisotopic (exact) mass is 469 g/mol. The lowest BCUT2D eigenvalue weighted by atomic mass is 10.1. The minimum absolute atomic E-state index is 0.0893. The number of benzene rings is 1. The summed E-state index contributed by atoms with van der Waals surface area (Å²) in [5.41, 5.74) is 5.57. The fourth-order valence-electron chi connectivity index (χ4n) is 3.50. The predicted molar refractivity (Wildman–Crippen MR) is 125 cm³/mol. The molecule has 4 N–H and O–H groups in total. The quantitative estimate of drug-likeness (QED) is 0.345. The predicted octanol–water partition coefficient (Wildman–Crippen LogP) is 0.603. The summed E-state index contributed by atoms with van der Waals surface area (Å²) in [7, 11) is 3.02. The lowest BCUT2D eigenvalue weighted by Crippen LogP contribution is -2.39. The van der Waals surface area contributed by atoms with Gasteiger partial charge >= 0.3 is 5.69 Å². The minimum atomic E-state index is -0.839. The van der Waals surface area contributed by atoms with Gasteiger partial charge in [-0.3, -0.25) is 28.8 Å². The molecule has 0 aliphatic rings. The first-order chi connectivity index (χ1) is 16.3. The third-order valence-electron chi connectivity index (χ3n) is 5.21. The summed E-state index contributed by atoms with van der Waals surface area (Å²) in [6.45, 7) is 0.735. The Kier molecular flexibility index (Phi) is 8.17. The Bertz CT molecular complexity index is 1240. The summed E-state index contributed by atoms with van der Waals surface area (Å²) in [5, 5.41) is 2.56. The largest absolute Gasteiger partial charge is 0.468 e. The maximum atomic E-state index is 13.2. The van der Waals surface area contributed by atoms with E-state index in [0.29, 0.717) is 17.9 Å². The van der Waals surface area contributed by atoms with Crippen LogP contribution in [0.2, 0.25) is 0 Å². The molecule has 1 aromatic carbocycles. The second-order valence-corrected chi connectivity index (χ2v) is 7.59. The van der Waals surface area contributed by atoms with Crippen LogP contribution in [0.1, 0.15) is 32.0 Å². The summed E-state index contributed by atoms with van der Waals surface area (Å²) in [5.74, 6) is -0.323. The highest BCUT2D eigenvalue weighted by Gasteiger charge is 2.22. The molecular formula is C23H27N5O6. The van der Waals surface area contributed by atoms with E-state index in [9.17, 15) is 19.2 Å². The van der Waals surface area contributed by atoms with Crippen LogP contribution < -0.4 is 22.3 Å². The zero-order chi connectivity index (χ0) is 24.7. The highest BCUT2D eigenvalue weighted by Crippen LogP contribution is 2.14. The van der Waals surface area contributed by atoms with Gasteiger partial charge in [-0.05, 0) is 29.8 Å². The fraction of sp³-hybridized carbons (Fsp3) is 0.304. The van der Waals surface area contributed by atoms with Crippen LogP contribution in [0.25, 0.3) is 0 Å². The molecule has 11 heteroatoms. The summed E-state index contributed by atoms with van der Waals surface area (Å²) in [6.07, 6.45) is 1.53. The third kappa shape index (κ3) is 5.88. The maximum Gasteiger partial charge on any atom is 0.330 e. The first-order valence-electron chi connectivity index (χ1n) is 10.5. The van der Waals surface area contributed by atoms with Gasteiger partial charge in [0.2, 0.25) is 0 Å². The molecule has 0 aliphatic heterocycles. The van der Waals surface area contributed by atoms with E-state index in [1.54, 1.807) is 48.3 Å². The molecule has 0 saturated carbocycles. The number of nitrogens with one attached hydrogen (secondary N) is 2. The second kappa shape index (κ2) is 11.3. The van der Waals surface area contributed by atoms with Crippen LogP contribution in [-0.2, 0) is 24.4 Å². The minimum Gasteiger partial charge on any atom is -0.468 e. The highest BCUT2D eigenvalue weighted by atomic mass is 16.5. The number of Topliss-reactive ketones (excluding diaryl/α,β-unsaturated/α-hetero) is 1. The van der Waals surface area contributed by atoms with Crippen LogP contribution >= 0.6 is 0 Å². The SMILES string of the molecule is CNC(=O)c1ccc(CN(CC(=O)c2c(N)n(CCOC)c(=O)[nH]c2=O)Cc2ccco2)cc1. The van der Waals surface area contributed by atoms with E-state index < -0.39 is 17.0 Å². The number of H-pyrrole nitrogens is 1. The number of nitrogens with two attached hydrogens (primary N) is 1. The lowest BCUT2D eigenvalue weighted by Gasteiger charge is -2.21. The Balaban J connectivity index is 1.86. The standard InChI is InChI=1S/C23H27N5O6/c1-25-21(30)16-7-5-15(6-8-16)12-27(13-17-4-3-10-34-17)14-18(29)19-20(24)28(9-11-33-2)23(32)26-22(19)31/h3-8,10H,9,11-14,24H2,1-2H3,(H,25,30)(H,26,31,32). The summed E-state index contributed by atoms with van der Waals surface area (Å²) < 4.78 is 11.5. The molecule has 0 aliphatic carbocycles. The second-order valence-electron chi connectivity index (χ2n) is 7.59. The van der Waals surface area contributed by atoms with Crippen molar-refractivity contribution < 1.29 is 18.7 Å². The molecule has 0 saturated heterocycles. The average Bonchev–Trinajstić information content (AvgIpc) is 3.31. The Morgan fingerprint density at radius 1 is 1.18 bits per heavy atom. The maximum absolute atomic E-state index is 13.2. The molecule has 2 heterocycles. The zero-order valence-electron chi connectivity index (χ0n) is 19.0. The number of hydrogen-bond acceptors (Lipinski definition) is 8. The van der Waals surface area contributed by atoms with Crippen molar-refractivity contribution >= 4 is 17.5 Å². The number of anilines is 1. The van der Waals surface area contributed by atoms with Crippen molar-refractivity contribution in [1.82, 2.24) is 19.8 Å². The van der Waals surface area contributed by atoms with Crippen molar-refractivity contribution in [2.45, 2.75) is 19.6 Å². The zero-order valence-corrected chi connectivity index (χ0v) is 19.0. The fourth-order valence-corrected chi connectivity index (χ4v) is 3.50. The Morgan fingerprint density at radius 3 is 2.53 bits per heavy atom. The van der Waals surface area contributed by atoms with Crippen LogP contribution in [0, 0.1) is 0 Å². The van der Waals surface area contributed by atoms with Crippen LogP contribution in [0.4, 0.5) is 5.82 Å². The molecular weight excluding hydrogens is 442 g/mol. The molecule has 0 bridgehead atoms. The Hall–Kier alpha value is -3.96. The molecule has 0 fully saturated rings. The first-order valence-corrected chi connectivity index (χ1v) is 10.5. The van der Waals surface area contributed by atoms with Crippen LogP contribution in [0.5, 0.6) is 0 Å². The number of aromatic nitrogens is 2. The van der Waals surface area contributed by atoms with Crippen LogP contribution in [-0.4, -0.2) is 53.5 Å². The first kappa shape index (κ1) is 24.7. The van der Waals surface area contributed by atoms with Gasteiger partial charge in [0.1, 0.15) is 17.1 Å². The van der Waals surface area contributed by atoms with Crippen molar-refractivity contribution in [2.75, 3.05) is 33.0 Å². The molecule has 34 heavy (non-hydrogen) atoms. The van der Waals surface area contributed by atoms with E-state index in [-0.39, 0.29) is 43.5 Å². The van der Waals surface area contributed by atoms with Gasteiger partial charge in [-0.1, -0.05) is 12.1 Å². The Morgan fingerprint density at radius 2 is 1.91 bits per heavy atom. The number of methoxy groups -OCH3 is 1. The summed E-state index contributed by atoms with van der Waals surface area (Å²) in [4.78, 5) is 53.4. The van der Waals surface area contributed by atoms with Gasteiger partial charge in [-0.25, -0.2) is 4.79 Å². The number of aromatic amines is 1. The number of carbonyl (C=O) groups excluding carboxylic acids is 2. The van der Waals surface area contributed by atoms with Crippen molar-refractivity contribution in [3.63, 3.8) is 0 Å². The number of carbonyl (C=O) groups is 2. The van der Waals surface area contributed by atoms with Crippen LogP contribution in [0.15, 0.2) is 56.7 Å². The number of ketones is 1. The molecule has 0 atom stereocenters. The number of amides is 1. The molecule has 180 valence electrons. The van der Waals surface area contributed by atoms with Gasteiger partial charge in [0.05, 0.1) is 32.5 Å². The topological polar surface area (TPSA) is 153 Å². The van der Waals surface area contributed by atoms with E-state index in [0.717, 1.165) is 10.1 Å². The van der Waals surface area contributed by atoms with Crippen LogP contribution in [0.3, 0.4) is 0 Å². The number of nitrogens with zero attached hydrogens (tertiary/aromatic N) is 2. The van der Waals surface area contributed by atoms with E-state index in [1.807, 2.05) is 0 Å². The van der Waals surface area contributed by atoms with E-state index in [4.69, 9.17) is 14.9 Å². The third-order valence-corrected chi connectivity index (χ3v) is 5.21. The smallest absolute Gasteiger partial charge is 0.330 e. The number of hydrogen-bond donors (Lipinski definition) is 3. The van der Waals surface area contributed by atoms with E-state index in [2.05, 4.69) is 10.3 Å². The van der Waals surface area contributed by atoms with Gasteiger partial charge in [0.15, 0.2) is 5.78 Å². The van der Waals surface area contributed by atoms with Gasteiger partial charge in [-0.2, -0.15) is 0 Å². The average molecular weight is 469 g/mol. The number of ether oxygens (including phenoxy) is 1. The molecule has 2 aromatic heterocycles. The molecule has 3 aromatic rings. The van der Waals surface area contributed by atoms with Crippen molar-refractivity contribution in [3.8, 4) is 0 Å². The normalized spacial score (nSPS) is 11.0. The van der Waals surface area contributed by atoms with Gasteiger partial charge in [-0.15, -0.1) is 0 Å². The molecule has 0 unspecified atom stereocenters. The van der Waals surface area contributed by atoms with Crippen molar-refractivity contribution in [1.29, 1.82) is 0 Å². The number of furan rings is 1.